The number of rotatable bonds is 7. The van der Waals surface area contributed by atoms with Crippen molar-refractivity contribution in [2.24, 2.45) is 0 Å². The Balaban J connectivity index is 1.82. The summed E-state index contributed by atoms with van der Waals surface area (Å²) in [6.07, 6.45) is 1.39. The van der Waals surface area contributed by atoms with Gasteiger partial charge in [0.05, 0.1) is 0 Å². The van der Waals surface area contributed by atoms with Crippen molar-refractivity contribution in [2.75, 3.05) is 17.2 Å². The highest BCUT2D eigenvalue weighted by molar-refractivity contribution is 5.93. The summed E-state index contributed by atoms with van der Waals surface area (Å²) in [5.41, 5.74) is 2.58. The second kappa shape index (κ2) is 8.72. The van der Waals surface area contributed by atoms with Crippen molar-refractivity contribution >= 4 is 23.2 Å². The quantitative estimate of drug-likeness (QED) is 0.816. The molecule has 0 heterocycles. The third kappa shape index (κ3) is 5.43. The van der Waals surface area contributed by atoms with Crippen LogP contribution in [0.15, 0.2) is 48.5 Å². The van der Waals surface area contributed by atoms with Gasteiger partial charge in [-0.15, -0.1) is 0 Å². The molecular formula is C19H22N2O3. The molecule has 2 aromatic carbocycles. The lowest BCUT2D eigenvalue weighted by Crippen LogP contribution is -2.20. The zero-order chi connectivity index (χ0) is 17.4. The SMILES string of the molecule is CCC(=O)Nc1ccc(NC(=O)COc2ccc(CC)cc2)cc1. The Hall–Kier alpha value is -2.82. The van der Waals surface area contributed by atoms with E-state index in [1.165, 1.54) is 5.56 Å². The molecule has 2 amide bonds. The molecule has 126 valence electrons. The van der Waals surface area contributed by atoms with Gasteiger partial charge in [0.1, 0.15) is 5.75 Å². The monoisotopic (exact) mass is 326 g/mol. The van der Waals surface area contributed by atoms with Crippen molar-refractivity contribution in [2.45, 2.75) is 26.7 Å². The maximum atomic E-state index is 11.9. The van der Waals surface area contributed by atoms with Crippen LogP contribution in [-0.4, -0.2) is 18.4 Å². The molecule has 5 nitrogen and oxygen atoms in total. The Morgan fingerprint density at radius 2 is 1.38 bits per heavy atom. The van der Waals surface area contributed by atoms with E-state index in [0.717, 1.165) is 6.42 Å². The van der Waals surface area contributed by atoms with Gasteiger partial charge in [0.2, 0.25) is 5.91 Å². The second-order valence-corrected chi connectivity index (χ2v) is 5.31. The molecule has 0 aliphatic heterocycles. The number of ether oxygens (including phenoxy) is 1. The van der Waals surface area contributed by atoms with Crippen LogP contribution in [0.2, 0.25) is 0 Å². The zero-order valence-electron chi connectivity index (χ0n) is 14.0. The van der Waals surface area contributed by atoms with Gasteiger partial charge < -0.3 is 15.4 Å². The van der Waals surface area contributed by atoms with E-state index in [4.69, 9.17) is 4.74 Å². The van der Waals surface area contributed by atoms with Gasteiger partial charge in [-0.2, -0.15) is 0 Å². The number of amides is 2. The molecule has 0 aromatic heterocycles. The molecule has 0 unspecified atom stereocenters. The molecule has 0 aliphatic rings. The predicted octanol–water partition coefficient (Wildman–Crippen LogP) is 3.62. The van der Waals surface area contributed by atoms with Crippen LogP contribution < -0.4 is 15.4 Å². The Morgan fingerprint density at radius 1 is 0.833 bits per heavy atom. The van der Waals surface area contributed by atoms with Crippen molar-refractivity contribution < 1.29 is 14.3 Å². The topological polar surface area (TPSA) is 67.4 Å². The van der Waals surface area contributed by atoms with Crippen LogP contribution in [0.4, 0.5) is 11.4 Å². The van der Waals surface area contributed by atoms with E-state index in [1.807, 2.05) is 24.3 Å². The molecule has 0 atom stereocenters. The average molecular weight is 326 g/mol. The summed E-state index contributed by atoms with van der Waals surface area (Å²) >= 11 is 0. The number of benzene rings is 2. The molecule has 0 radical (unpaired) electrons. The van der Waals surface area contributed by atoms with Gasteiger partial charge in [-0.05, 0) is 48.4 Å². The van der Waals surface area contributed by atoms with Gasteiger partial charge in [-0.3, -0.25) is 9.59 Å². The van der Waals surface area contributed by atoms with Gasteiger partial charge in [0.25, 0.3) is 5.91 Å². The van der Waals surface area contributed by atoms with E-state index in [0.29, 0.717) is 23.5 Å². The lowest BCUT2D eigenvalue weighted by Gasteiger charge is -2.09. The fourth-order valence-corrected chi connectivity index (χ4v) is 2.05. The van der Waals surface area contributed by atoms with Gasteiger partial charge >= 0.3 is 0 Å². The summed E-state index contributed by atoms with van der Waals surface area (Å²) in [7, 11) is 0. The summed E-state index contributed by atoms with van der Waals surface area (Å²) < 4.78 is 5.46. The first-order valence-electron chi connectivity index (χ1n) is 8.02. The summed E-state index contributed by atoms with van der Waals surface area (Å²) in [4.78, 5) is 23.2. The molecule has 0 aliphatic carbocycles. The number of nitrogens with one attached hydrogen (secondary N) is 2. The molecule has 2 rings (SSSR count). The lowest BCUT2D eigenvalue weighted by molar-refractivity contribution is -0.118. The van der Waals surface area contributed by atoms with E-state index in [-0.39, 0.29) is 18.4 Å². The van der Waals surface area contributed by atoms with Crippen LogP contribution in [0.1, 0.15) is 25.8 Å². The maximum absolute atomic E-state index is 11.9. The van der Waals surface area contributed by atoms with E-state index in [2.05, 4.69) is 17.6 Å². The van der Waals surface area contributed by atoms with Gasteiger partial charge in [-0.25, -0.2) is 0 Å². The van der Waals surface area contributed by atoms with Crippen LogP contribution in [0.25, 0.3) is 0 Å². The van der Waals surface area contributed by atoms with Crippen LogP contribution in [0.5, 0.6) is 5.75 Å². The molecule has 2 N–H and O–H groups in total. The third-order valence-corrected chi connectivity index (χ3v) is 3.48. The van der Waals surface area contributed by atoms with Crippen LogP contribution >= 0.6 is 0 Å². The number of carbonyl (C=O) groups excluding carboxylic acids is 2. The molecule has 2 aromatic rings. The first-order valence-corrected chi connectivity index (χ1v) is 8.02. The third-order valence-electron chi connectivity index (χ3n) is 3.48. The van der Waals surface area contributed by atoms with Gasteiger partial charge in [-0.1, -0.05) is 26.0 Å². The Kier molecular flexibility index (Phi) is 6.37. The van der Waals surface area contributed by atoms with Crippen LogP contribution in [0, 0.1) is 0 Å². The van der Waals surface area contributed by atoms with Crippen molar-refractivity contribution in [1.82, 2.24) is 0 Å². The van der Waals surface area contributed by atoms with Gasteiger partial charge in [0, 0.05) is 17.8 Å². The molecule has 5 heteroatoms. The number of hydrogen-bond donors (Lipinski definition) is 2. The molecule has 0 saturated carbocycles. The van der Waals surface area contributed by atoms with E-state index >= 15 is 0 Å². The van der Waals surface area contributed by atoms with Gasteiger partial charge in [0.15, 0.2) is 6.61 Å². The fraction of sp³-hybridized carbons (Fsp3) is 0.263. The highest BCUT2D eigenvalue weighted by Crippen LogP contribution is 2.15. The maximum Gasteiger partial charge on any atom is 0.262 e. The van der Waals surface area contributed by atoms with E-state index < -0.39 is 0 Å². The highest BCUT2D eigenvalue weighted by atomic mass is 16.5. The smallest absolute Gasteiger partial charge is 0.262 e. The van der Waals surface area contributed by atoms with Crippen molar-refractivity contribution in [3.05, 3.63) is 54.1 Å². The zero-order valence-corrected chi connectivity index (χ0v) is 14.0. The summed E-state index contributed by atoms with van der Waals surface area (Å²) in [6.45, 7) is 3.82. The van der Waals surface area contributed by atoms with Crippen molar-refractivity contribution in [3.63, 3.8) is 0 Å². The molecular weight excluding hydrogens is 304 g/mol. The first-order chi connectivity index (χ1) is 11.6. The number of carbonyl (C=O) groups is 2. The second-order valence-electron chi connectivity index (χ2n) is 5.31. The average Bonchev–Trinajstić information content (AvgIpc) is 2.62. The molecule has 0 bridgehead atoms. The lowest BCUT2D eigenvalue weighted by atomic mass is 10.2. The minimum atomic E-state index is -0.236. The minimum Gasteiger partial charge on any atom is -0.484 e. The fourth-order valence-electron chi connectivity index (χ4n) is 2.05. The van der Waals surface area contributed by atoms with Crippen molar-refractivity contribution in [3.8, 4) is 5.75 Å². The molecule has 0 fully saturated rings. The number of aryl methyl sites for hydroxylation is 1. The molecule has 0 saturated heterocycles. The van der Waals surface area contributed by atoms with E-state index in [9.17, 15) is 9.59 Å². The summed E-state index contributed by atoms with van der Waals surface area (Å²) in [5, 5.41) is 5.50. The Bertz CT molecular complexity index is 679. The highest BCUT2D eigenvalue weighted by Gasteiger charge is 2.05. The molecule has 24 heavy (non-hydrogen) atoms. The molecule has 0 spiro atoms. The minimum absolute atomic E-state index is 0.0470. The van der Waals surface area contributed by atoms with E-state index in [1.54, 1.807) is 31.2 Å². The van der Waals surface area contributed by atoms with Crippen molar-refractivity contribution in [1.29, 1.82) is 0 Å². The predicted molar refractivity (Wildman–Crippen MR) is 95.3 cm³/mol. The summed E-state index contributed by atoms with van der Waals surface area (Å²) in [6, 6.07) is 14.6. The summed E-state index contributed by atoms with van der Waals surface area (Å²) in [5.74, 6) is 0.383. The number of anilines is 2. The number of hydrogen-bond acceptors (Lipinski definition) is 3. The Labute approximate surface area is 142 Å². The first kappa shape index (κ1) is 17.5. The Morgan fingerprint density at radius 3 is 1.88 bits per heavy atom. The normalized spacial score (nSPS) is 10.1. The van der Waals surface area contributed by atoms with Crippen LogP contribution in [0.3, 0.4) is 0 Å². The van der Waals surface area contributed by atoms with Crippen LogP contribution in [-0.2, 0) is 16.0 Å². The largest absolute Gasteiger partial charge is 0.484 e. The standard InChI is InChI=1S/C19H22N2O3/c1-3-14-5-11-17(12-6-14)24-13-19(23)21-16-9-7-15(8-10-16)20-18(22)4-2/h5-12H,3-4,13H2,1-2H3,(H,20,22)(H,21,23).